The van der Waals surface area contributed by atoms with Gasteiger partial charge in [-0.15, -0.1) is 0 Å². The highest BCUT2D eigenvalue weighted by Gasteiger charge is 2.19. The second-order valence-corrected chi connectivity index (χ2v) is 3.22. The Kier molecular flexibility index (Phi) is 1.77. The molecule has 2 heteroatoms. The lowest BCUT2D eigenvalue weighted by Crippen LogP contribution is -2.10. The molecule has 1 atom stereocenters. The molecule has 0 bridgehead atoms. The molecule has 12 heavy (non-hydrogen) atoms. The van der Waals surface area contributed by atoms with Crippen LogP contribution in [0.2, 0.25) is 0 Å². The van der Waals surface area contributed by atoms with Crippen molar-refractivity contribution in [2.45, 2.75) is 25.9 Å². The molecule has 1 aliphatic rings. The molecule has 1 aliphatic heterocycles. The molecule has 0 spiro atoms. The number of phenols is 1. The van der Waals surface area contributed by atoms with Gasteiger partial charge in [0, 0.05) is 12.6 Å². The van der Waals surface area contributed by atoms with E-state index in [0.29, 0.717) is 11.8 Å². The van der Waals surface area contributed by atoms with E-state index in [4.69, 9.17) is 0 Å². The topological polar surface area (TPSA) is 32.3 Å². The van der Waals surface area contributed by atoms with E-state index in [1.165, 1.54) is 11.1 Å². The summed E-state index contributed by atoms with van der Waals surface area (Å²) in [5.74, 6) is 0.368. The lowest BCUT2D eigenvalue weighted by Gasteiger charge is -2.07. The molecule has 0 radical (unpaired) electrons. The second kappa shape index (κ2) is 2.79. The fraction of sp³-hybridized carbons (Fsp3) is 0.400. The molecular formula is C10H13NO. The van der Waals surface area contributed by atoms with Gasteiger partial charge in [0.1, 0.15) is 5.75 Å². The summed E-state index contributed by atoms with van der Waals surface area (Å²) in [5.41, 5.74) is 2.58. The van der Waals surface area contributed by atoms with Crippen LogP contribution in [0.15, 0.2) is 18.2 Å². The minimum absolute atomic E-state index is 0.368. The van der Waals surface area contributed by atoms with Crippen LogP contribution in [0.3, 0.4) is 0 Å². The highest BCUT2D eigenvalue weighted by Crippen LogP contribution is 2.29. The van der Waals surface area contributed by atoms with Crippen LogP contribution in [0, 0.1) is 0 Å². The Hall–Kier alpha value is -1.02. The third-order valence-corrected chi connectivity index (χ3v) is 2.45. The van der Waals surface area contributed by atoms with Gasteiger partial charge in [0.15, 0.2) is 0 Å². The quantitative estimate of drug-likeness (QED) is 0.663. The maximum absolute atomic E-state index is 9.23. The summed E-state index contributed by atoms with van der Waals surface area (Å²) in [6.07, 6.45) is 1.11. The summed E-state index contributed by atoms with van der Waals surface area (Å²) in [4.78, 5) is 0. The van der Waals surface area contributed by atoms with E-state index in [9.17, 15) is 5.11 Å². The molecule has 0 aliphatic carbocycles. The molecule has 0 saturated carbocycles. The van der Waals surface area contributed by atoms with Crippen molar-refractivity contribution in [3.05, 3.63) is 29.3 Å². The Labute approximate surface area is 72.2 Å². The number of rotatable bonds is 1. The highest BCUT2D eigenvalue weighted by molar-refractivity contribution is 5.39. The lowest BCUT2D eigenvalue weighted by atomic mass is 10.0. The van der Waals surface area contributed by atoms with Crippen molar-refractivity contribution in [3.63, 3.8) is 0 Å². The fourth-order valence-corrected chi connectivity index (χ4v) is 1.79. The molecule has 0 fully saturated rings. The lowest BCUT2D eigenvalue weighted by molar-refractivity contribution is 0.474. The number of hydrogen-bond donors (Lipinski definition) is 2. The molecule has 64 valence electrons. The van der Waals surface area contributed by atoms with Crippen molar-refractivity contribution in [3.8, 4) is 5.75 Å². The maximum atomic E-state index is 9.23. The van der Waals surface area contributed by atoms with Crippen LogP contribution in [-0.4, -0.2) is 5.11 Å². The molecule has 1 heterocycles. The predicted octanol–water partition coefficient (Wildman–Crippen LogP) is 1.95. The first kappa shape index (κ1) is 7.62. The molecule has 1 aromatic carbocycles. The first-order chi connectivity index (χ1) is 5.81. The van der Waals surface area contributed by atoms with Crippen molar-refractivity contribution in [1.82, 2.24) is 5.32 Å². The molecule has 1 unspecified atom stereocenters. The van der Waals surface area contributed by atoms with Crippen LogP contribution in [-0.2, 0) is 6.54 Å². The van der Waals surface area contributed by atoms with E-state index in [1.54, 1.807) is 6.07 Å². The van der Waals surface area contributed by atoms with Crippen LogP contribution < -0.4 is 5.32 Å². The number of hydrogen-bond acceptors (Lipinski definition) is 2. The van der Waals surface area contributed by atoms with E-state index < -0.39 is 0 Å². The maximum Gasteiger partial charge on any atom is 0.115 e. The third kappa shape index (κ3) is 1.08. The van der Waals surface area contributed by atoms with E-state index in [0.717, 1.165) is 13.0 Å². The second-order valence-electron chi connectivity index (χ2n) is 3.22. The highest BCUT2D eigenvalue weighted by atomic mass is 16.3. The van der Waals surface area contributed by atoms with Crippen LogP contribution >= 0.6 is 0 Å². The van der Waals surface area contributed by atoms with Crippen LogP contribution in [0.5, 0.6) is 5.75 Å². The van der Waals surface area contributed by atoms with Gasteiger partial charge in [-0.25, -0.2) is 0 Å². The molecule has 1 aromatic rings. The summed E-state index contributed by atoms with van der Waals surface area (Å²) in [6, 6.07) is 6.10. The van der Waals surface area contributed by atoms with Gasteiger partial charge < -0.3 is 10.4 Å². The largest absolute Gasteiger partial charge is 0.508 e. The number of fused-ring (bicyclic) bond motifs is 1. The van der Waals surface area contributed by atoms with Crippen LogP contribution in [0.1, 0.15) is 30.5 Å². The normalized spacial score (nSPS) is 20.9. The number of phenolic OH excluding ortho intramolecular Hbond substituents is 1. The standard InChI is InChI=1S/C10H13NO/c1-2-10-9-4-3-8(12)5-7(9)6-11-10/h3-5,10-12H,2,6H2,1H3. The molecular weight excluding hydrogens is 150 g/mol. The monoisotopic (exact) mass is 163 g/mol. The van der Waals surface area contributed by atoms with Gasteiger partial charge in [-0.1, -0.05) is 13.0 Å². The summed E-state index contributed by atoms with van der Waals surface area (Å²) < 4.78 is 0. The van der Waals surface area contributed by atoms with E-state index in [1.807, 2.05) is 12.1 Å². The molecule has 2 rings (SSSR count). The third-order valence-electron chi connectivity index (χ3n) is 2.45. The van der Waals surface area contributed by atoms with E-state index in [-0.39, 0.29) is 0 Å². The van der Waals surface area contributed by atoms with Gasteiger partial charge in [-0.05, 0) is 29.7 Å². The first-order valence-electron chi connectivity index (χ1n) is 4.36. The molecule has 0 saturated heterocycles. The predicted molar refractivity (Wildman–Crippen MR) is 48.0 cm³/mol. The molecule has 2 nitrogen and oxygen atoms in total. The van der Waals surface area contributed by atoms with Gasteiger partial charge in [-0.2, -0.15) is 0 Å². The van der Waals surface area contributed by atoms with Gasteiger partial charge in [0.05, 0.1) is 0 Å². The zero-order chi connectivity index (χ0) is 8.55. The summed E-state index contributed by atoms with van der Waals surface area (Å²) in [7, 11) is 0. The molecule has 0 aromatic heterocycles. The average Bonchev–Trinajstić information content (AvgIpc) is 2.46. The Bertz CT molecular complexity index is 296. The van der Waals surface area contributed by atoms with Crippen molar-refractivity contribution in [2.75, 3.05) is 0 Å². The van der Waals surface area contributed by atoms with Crippen molar-refractivity contribution in [2.24, 2.45) is 0 Å². The van der Waals surface area contributed by atoms with Crippen LogP contribution in [0.25, 0.3) is 0 Å². The van der Waals surface area contributed by atoms with Gasteiger partial charge in [0.2, 0.25) is 0 Å². The number of nitrogens with one attached hydrogen (secondary N) is 1. The number of benzene rings is 1. The smallest absolute Gasteiger partial charge is 0.115 e. The SMILES string of the molecule is CCC1NCc2cc(O)ccc21. The van der Waals surface area contributed by atoms with Crippen molar-refractivity contribution < 1.29 is 5.11 Å². The molecule has 2 N–H and O–H groups in total. The fourth-order valence-electron chi connectivity index (χ4n) is 1.79. The van der Waals surface area contributed by atoms with E-state index in [2.05, 4.69) is 12.2 Å². The van der Waals surface area contributed by atoms with Gasteiger partial charge in [-0.3, -0.25) is 0 Å². The van der Waals surface area contributed by atoms with Crippen molar-refractivity contribution >= 4 is 0 Å². The minimum atomic E-state index is 0.368. The van der Waals surface area contributed by atoms with Gasteiger partial charge >= 0.3 is 0 Å². The number of aromatic hydroxyl groups is 1. The Morgan fingerprint density at radius 2 is 2.42 bits per heavy atom. The Morgan fingerprint density at radius 3 is 3.17 bits per heavy atom. The summed E-state index contributed by atoms with van der Waals surface area (Å²) in [6.45, 7) is 3.06. The summed E-state index contributed by atoms with van der Waals surface area (Å²) >= 11 is 0. The first-order valence-corrected chi connectivity index (χ1v) is 4.36. The Balaban J connectivity index is 2.40. The zero-order valence-corrected chi connectivity index (χ0v) is 7.17. The average molecular weight is 163 g/mol. The van der Waals surface area contributed by atoms with Crippen LogP contribution in [0.4, 0.5) is 0 Å². The van der Waals surface area contributed by atoms with Gasteiger partial charge in [0.25, 0.3) is 0 Å². The molecule has 0 amide bonds. The van der Waals surface area contributed by atoms with E-state index >= 15 is 0 Å². The van der Waals surface area contributed by atoms with Crippen molar-refractivity contribution in [1.29, 1.82) is 0 Å². The zero-order valence-electron chi connectivity index (χ0n) is 7.17. The minimum Gasteiger partial charge on any atom is -0.508 e. The Morgan fingerprint density at radius 1 is 1.58 bits per heavy atom. The summed E-state index contributed by atoms with van der Waals surface area (Å²) in [5, 5.41) is 12.6.